The van der Waals surface area contributed by atoms with Gasteiger partial charge in [-0.1, -0.05) is 18.2 Å². The Morgan fingerprint density at radius 2 is 2.05 bits per heavy atom. The van der Waals surface area contributed by atoms with E-state index in [0.29, 0.717) is 16.2 Å². The number of thiophene rings is 1. The summed E-state index contributed by atoms with van der Waals surface area (Å²) in [7, 11) is 1.45. The van der Waals surface area contributed by atoms with Crippen molar-refractivity contribution in [3.8, 4) is 5.75 Å². The molecule has 0 radical (unpaired) electrons. The van der Waals surface area contributed by atoms with Gasteiger partial charge in [0.25, 0.3) is 0 Å². The number of alkyl halides is 3. The number of benzene rings is 1. The van der Waals surface area contributed by atoms with Crippen molar-refractivity contribution >= 4 is 17.1 Å². The Hall–Kier alpha value is -1.82. The minimum atomic E-state index is -4.40. The van der Waals surface area contributed by atoms with Crippen LogP contribution in [-0.2, 0) is 12.6 Å². The van der Waals surface area contributed by atoms with Gasteiger partial charge in [0.15, 0.2) is 5.78 Å². The van der Waals surface area contributed by atoms with E-state index >= 15 is 0 Å². The van der Waals surface area contributed by atoms with Crippen LogP contribution in [0.2, 0.25) is 0 Å². The van der Waals surface area contributed by atoms with Crippen molar-refractivity contribution in [2.75, 3.05) is 7.11 Å². The zero-order chi connectivity index (χ0) is 14.8. The minimum Gasteiger partial charge on any atom is -0.495 e. The van der Waals surface area contributed by atoms with E-state index in [1.807, 2.05) is 0 Å². The van der Waals surface area contributed by atoms with E-state index in [9.17, 15) is 18.0 Å². The number of methoxy groups -OCH3 is 1. The van der Waals surface area contributed by atoms with Crippen LogP contribution in [0.4, 0.5) is 13.2 Å². The first-order valence-electron chi connectivity index (χ1n) is 5.72. The number of rotatable bonds is 4. The summed E-state index contributed by atoms with van der Waals surface area (Å²) in [5.74, 6) is 0.197. The summed E-state index contributed by atoms with van der Waals surface area (Å²) in [6.45, 7) is 0. The van der Waals surface area contributed by atoms with Gasteiger partial charge >= 0.3 is 6.18 Å². The van der Waals surface area contributed by atoms with Crippen molar-refractivity contribution in [2.45, 2.75) is 12.6 Å². The Bertz CT molecular complexity index is 617. The third-order valence-electron chi connectivity index (χ3n) is 2.72. The lowest BCUT2D eigenvalue weighted by molar-refractivity contribution is -0.137. The van der Waals surface area contributed by atoms with E-state index < -0.39 is 11.7 Å². The van der Waals surface area contributed by atoms with Gasteiger partial charge in [0.05, 0.1) is 12.7 Å². The van der Waals surface area contributed by atoms with E-state index in [-0.39, 0.29) is 12.2 Å². The fraction of sp³-hybridized carbons (Fsp3) is 0.214. The third kappa shape index (κ3) is 3.19. The maximum atomic E-state index is 12.6. The molecule has 0 aliphatic carbocycles. The van der Waals surface area contributed by atoms with Crippen molar-refractivity contribution in [1.82, 2.24) is 0 Å². The predicted molar refractivity (Wildman–Crippen MR) is 70.3 cm³/mol. The van der Waals surface area contributed by atoms with Crippen LogP contribution in [0.5, 0.6) is 5.75 Å². The molecule has 0 aliphatic rings. The molecule has 0 saturated heterocycles. The van der Waals surface area contributed by atoms with E-state index in [1.54, 1.807) is 11.4 Å². The van der Waals surface area contributed by atoms with Crippen molar-refractivity contribution in [3.63, 3.8) is 0 Å². The molecule has 1 aromatic carbocycles. The largest absolute Gasteiger partial charge is 0.495 e. The van der Waals surface area contributed by atoms with Crippen LogP contribution in [0.15, 0.2) is 35.7 Å². The summed E-state index contributed by atoms with van der Waals surface area (Å²) >= 11 is 1.21. The topological polar surface area (TPSA) is 26.3 Å². The standard InChI is InChI=1S/C14H11F3O2S/c1-19-12-5-6-20-13(12)11(18)8-9-3-2-4-10(7-9)14(15,16)17/h2-7H,8H2,1H3. The van der Waals surface area contributed by atoms with Crippen LogP contribution in [0, 0.1) is 0 Å². The first-order valence-corrected chi connectivity index (χ1v) is 6.60. The van der Waals surface area contributed by atoms with Crippen LogP contribution in [0.3, 0.4) is 0 Å². The van der Waals surface area contributed by atoms with Gasteiger partial charge in [-0.25, -0.2) is 0 Å². The molecule has 0 saturated carbocycles. The second-order valence-electron chi connectivity index (χ2n) is 4.12. The number of carbonyl (C=O) groups is 1. The first-order chi connectivity index (χ1) is 9.41. The molecule has 0 atom stereocenters. The average Bonchev–Trinajstić information content (AvgIpc) is 2.86. The Kier molecular flexibility index (Phi) is 4.13. The molecule has 0 bridgehead atoms. The van der Waals surface area contributed by atoms with E-state index in [4.69, 9.17) is 4.74 Å². The van der Waals surface area contributed by atoms with Gasteiger partial charge < -0.3 is 4.74 Å². The quantitative estimate of drug-likeness (QED) is 0.791. The van der Waals surface area contributed by atoms with E-state index in [0.717, 1.165) is 12.1 Å². The van der Waals surface area contributed by atoms with Crippen molar-refractivity contribution in [3.05, 3.63) is 51.7 Å². The average molecular weight is 300 g/mol. The van der Waals surface area contributed by atoms with Gasteiger partial charge in [-0.2, -0.15) is 13.2 Å². The highest BCUT2D eigenvalue weighted by Crippen LogP contribution is 2.30. The third-order valence-corrected chi connectivity index (χ3v) is 3.66. The summed E-state index contributed by atoms with van der Waals surface area (Å²) in [4.78, 5) is 12.5. The lowest BCUT2D eigenvalue weighted by Gasteiger charge is -2.08. The lowest BCUT2D eigenvalue weighted by Crippen LogP contribution is -2.07. The predicted octanol–water partition coefficient (Wildman–Crippen LogP) is 4.20. The summed E-state index contributed by atoms with van der Waals surface area (Å²) in [5, 5.41) is 1.71. The molecule has 106 valence electrons. The molecule has 0 N–H and O–H groups in total. The van der Waals surface area contributed by atoms with Gasteiger partial charge in [-0.05, 0) is 23.1 Å². The molecule has 1 aromatic heterocycles. The molecule has 0 fully saturated rings. The monoisotopic (exact) mass is 300 g/mol. The molecule has 0 unspecified atom stereocenters. The van der Waals surface area contributed by atoms with Crippen LogP contribution in [0.25, 0.3) is 0 Å². The molecule has 2 aromatic rings. The minimum absolute atomic E-state index is 0.0825. The maximum Gasteiger partial charge on any atom is 0.416 e. The summed E-state index contributed by atoms with van der Waals surface area (Å²) in [5.41, 5.74) is -0.416. The molecule has 0 spiro atoms. The second kappa shape index (κ2) is 5.66. The number of hydrogen-bond donors (Lipinski definition) is 0. The summed E-state index contributed by atoms with van der Waals surface area (Å²) in [6, 6.07) is 6.45. The van der Waals surface area contributed by atoms with Gasteiger partial charge in [-0.15, -0.1) is 11.3 Å². The molecule has 1 heterocycles. The number of Topliss-reactive ketones (excluding diaryl/α,β-unsaturated/α-hetero) is 1. The molecule has 20 heavy (non-hydrogen) atoms. The zero-order valence-corrected chi connectivity index (χ0v) is 11.3. The van der Waals surface area contributed by atoms with Crippen molar-refractivity contribution in [2.24, 2.45) is 0 Å². The van der Waals surface area contributed by atoms with Gasteiger partial charge in [0.1, 0.15) is 10.6 Å². The van der Waals surface area contributed by atoms with E-state index in [2.05, 4.69) is 0 Å². The molecular weight excluding hydrogens is 289 g/mol. The highest BCUT2D eigenvalue weighted by Gasteiger charge is 2.30. The number of ketones is 1. The first kappa shape index (κ1) is 14.6. The Morgan fingerprint density at radius 3 is 2.70 bits per heavy atom. The highest BCUT2D eigenvalue weighted by atomic mass is 32.1. The van der Waals surface area contributed by atoms with Crippen LogP contribution >= 0.6 is 11.3 Å². The maximum absolute atomic E-state index is 12.6. The Balaban J connectivity index is 2.20. The van der Waals surface area contributed by atoms with Crippen molar-refractivity contribution in [1.29, 1.82) is 0 Å². The molecule has 2 nitrogen and oxygen atoms in total. The Labute approximate surface area is 117 Å². The lowest BCUT2D eigenvalue weighted by atomic mass is 10.0. The fourth-order valence-electron chi connectivity index (χ4n) is 1.78. The Morgan fingerprint density at radius 1 is 1.30 bits per heavy atom. The number of carbonyl (C=O) groups excluding carboxylic acids is 1. The van der Waals surface area contributed by atoms with Gasteiger partial charge in [-0.3, -0.25) is 4.79 Å². The molecule has 6 heteroatoms. The molecular formula is C14H11F3O2S. The fourth-order valence-corrected chi connectivity index (χ4v) is 2.58. The van der Waals surface area contributed by atoms with Crippen LogP contribution in [-0.4, -0.2) is 12.9 Å². The SMILES string of the molecule is COc1ccsc1C(=O)Cc1cccc(C(F)(F)F)c1. The summed E-state index contributed by atoms with van der Waals surface area (Å²) < 4.78 is 42.8. The van der Waals surface area contributed by atoms with Crippen molar-refractivity contribution < 1.29 is 22.7 Å². The number of hydrogen-bond acceptors (Lipinski definition) is 3. The smallest absolute Gasteiger partial charge is 0.416 e. The molecule has 2 rings (SSSR count). The molecule has 0 amide bonds. The normalized spacial score (nSPS) is 11.4. The highest BCUT2D eigenvalue weighted by molar-refractivity contribution is 7.12. The molecule has 0 aliphatic heterocycles. The summed E-state index contributed by atoms with van der Waals surface area (Å²) in [6.07, 6.45) is -4.49. The van der Waals surface area contributed by atoms with Crippen LogP contribution < -0.4 is 4.74 Å². The van der Waals surface area contributed by atoms with Gasteiger partial charge in [0, 0.05) is 6.42 Å². The van der Waals surface area contributed by atoms with Crippen LogP contribution in [0.1, 0.15) is 20.8 Å². The number of ether oxygens (including phenoxy) is 1. The number of halogens is 3. The van der Waals surface area contributed by atoms with Gasteiger partial charge in [0.2, 0.25) is 0 Å². The zero-order valence-electron chi connectivity index (χ0n) is 10.5. The second-order valence-corrected chi connectivity index (χ2v) is 5.03. The van der Waals surface area contributed by atoms with E-state index in [1.165, 1.54) is 30.6 Å².